The smallest absolute Gasteiger partial charge is 0.0952 e. The van der Waals surface area contributed by atoms with Gasteiger partial charge in [0.05, 0.1) is 12.7 Å². The van der Waals surface area contributed by atoms with Crippen molar-refractivity contribution in [2.75, 3.05) is 19.7 Å². The van der Waals surface area contributed by atoms with Crippen molar-refractivity contribution in [1.82, 2.24) is 5.32 Å². The predicted molar refractivity (Wildman–Crippen MR) is 69.8 cm³/mol. The van der Waals surface area contributed by atoms with Crippen molar-refractivity contribution in [1.29, 1.82) is 0 Å². The Balaban J connectivity index is 1.87. The highest BCUT2D eigenvalue weighted by Crippen LogP contribution is 2.25. The van der Waals surface area contributed by atoms with E-state index < -0.39 is 0 Å². The molecule has 0 saturated carbocycles. The van der Waals surface area contributed by atoms with Gasteiger partial charge >= 0.3 is 0 Å². The number of nitrogens with one attached hydrogen (secondary N) is 1. The van der Waals surface area contributed by atoms with Crippen LogP contribution in [0.25, 0.3) is 0 Å². The molecule has 1 aromatic carbocycles. The number of hydrogen-bond donors (Lipinski definition) is 1. The van der Waals surface area contributed by atoms with Crippen LogP contribution in [0.15, 0.2) is 24.3 Å². The first-order valence-corrected chi connectivity index (χ1v) is 6.21. The van der Waals surface area contributed by atoms with Crippen LogP contribution in [0.5, 0.6) is 0 Å². The average molecular weight is 229 g/mol. The van der Waals surface area contributed by atoms with Crippen molar-refractivity contribution >= 4 is 0 Å². The van der Waals surface area contributed by atoms with E-state index in [0.717, 1.165) is 32.5 Å². The van der Waals surface area contributed by atoms with E-state index in [0.29, 0.717) is 0 Å². The molecule has 1 heterocycles. The number of fused-ring (bicyclic) bond motifs is 1. The second-order valence-corrected chi connectivity index (χ2v) is 4.19. The van der Waals surface area contributed by atoms with Gasteiger partial charge in [-0.25, -0.2) is 0 Å². The molecule has 0 bridgehead atoms. The molecular formula is C15H19NO. The molecule has 1 aliphatic heterocycles. The molecule has 0 fully saturated rings. The van der Waals surface area contributed by atoms with Crippen LogP contribution in [-0.4, -0.2) is 19.7 Å². The van der Waals surface area contributed by atoms with Crippen LogP contribution >= 0.6 is 0 Å². The Hall–Kier alpha value is -1.30. The molecule has 0 saturated heterocycles. The van der Waals surface area contributed by atoms with Crippen molar-refractivity contribution < 1.29 is 4.74 Å². The standard InChI is InChI=1S/C15H19NO/c1-2-3-6-10-16-12-15-14-8-5-4-7-13(14)9-11-17-15/h4-5,7-8,15-16H,6,9-12H2,1H3. The molecule has 1 unspecified atom stereocenters. The number of ether oxygens (including phenoxy) is 1. The van der Waals surface area contributed by atoms with Crippen molar-refractivity contribution in [3.05, 3.63) is 35.4 Å². The van der Waals surface area contributed by atoms with Gasteiger partial charge in [0.2, 0.25) is 0 Å². The van der Waals surface area contributed by atoms with Crippen molar-refractivity contribution in [2.45, 2.75) is 25.9 Å². The fraction of sp³-hybridized carbons (Fsp3) is 0.467. The molecular weight excluding hydrogens is 210 g/mol. The maximum Gasteiger partial charge on any atom is 0.0952 e. The molecule has 0 spiro atoms. The van der Waals surface area contributed by atoms with Gasteiger partial charge < -0.3 is 10.1 Å². The zero-order valence-electron chi connectivity index (χ0n) is 10.3. The predicted octanol–water partition coefficient (Wildman–Crippen LogP) is 2.30. The van der Waals surface area contributed by atoms with Gasteiger partial charge in [0.1, 0.15) is 0 Å². The minimum Gasteiger partial charge on any atom is -0.372 e. The topological polar surface area (TPSA) is 21.3 Å². The molecule has 1 aromatic rings. The highest BCUT2D eigenvalue weighted by atomic mass is 16.5. The minimum absolute atomic E-state index is 0.203. The van der Waals surface area contributed by atoms with Gasteiger partial charge in [0, 0.05) is 19.5 Å². The van der Waals surface area contributed by atoms with Gasteiger partial charge in [-0.3, -0.25) is 0 Å². The summed E-state index contributed by atoms with van der Waals surface area (Å²) in [4.78, 5) is 0. The van der Waals surface area contributed by atoms with E-state index in [2.05, 4.69) is 41.4 Å². The summed E-state index contributed by atoms with van der Waals surface area (Å²) in [5, 5.41) is 3.40. The summed E-state index contributed by atoms with van der Waals surface area (Å²) in [6.07, 6.45) is 2.15. The SMILES string of the molecule is CC#CCCNCC1OCCc2ccccc21. The number of benzene rings is 1. The van der Waals surface area contributed by atoms with Crippen LogP contribution in [0, 0.1) is 11.8 Å². The summed E-state index contributed by atoms with van der Waals surface area (Å²) in [6, 6.07) is 8.56. The minimum atomic E-state index is 0.203. The molecule has 17 heavy (non-hydrogen) atoms. The number of rotatable bonds is 4. The molecule has 1 atom stereocenters. The van der Waals surface area contributed by atoms with Crippen LogP contribution in [0.2, 0.25) is 0 Å². The zero-order valence-corrected chi connectivity index (χ0v) is 10.3. The normalized spacial score (nSPS) is 18.1. The molecule has 1 N–H and O–H groups in total. The number of hydrogen-bond acceptors (Lipinski definition) is 2. The third-order valence-electron chi connectivity index (χ3n) is 3.03. The third-order valence-corrected chi connectivity index (χ3v) is 3.03. The average Bonchev–Trinajstić information content (AvgIpc) is 2.39. The summed E-state index contributed by atoms with van der Waals surface area (Å²) in [5.41, 5.74) is 2.77. The molecule has 0 aliphatic carbocycles. The van der Waals surface area contributed by atoms with Gasteiger partial charge in [0.25, 0.3) is 0 Å². The molecule has 2 nitrogen and oxygen atoms in total. The lowest BCUT2D eigenvalue weighted by molar-refractivity contribution is 0.0428. The molecule has 2 heteroatoms. The Bertz CT molecular complexity index is 416. The highest BCUT2D eigenvalue weighted by Gasteiger charge is 2.19. The monoisotopic (exact) mass is 229 g/mol. The van der Waals surface area contributed by atoms with Gasteiger partial charge in [-0.1, -0.05) is 24.3 Å². The lowest BCUT2D eigenvalue weighted by Crippen LogP contribution is -2.28. The van der Waals surface area contributed by atoms with E-state index in [1.807, 2.05) is 6.92 Å². The Labute approximate surface area is 103 Å². The van der Waals surface area contributed by atoms with E-state index in [4.69, 9.17) is 4.74 Å². The first-order valence-electron chi connectivity index (χ1n) is 6.21. The lowest BCUT2D eigenvalue weighted by Gasteiger charge is -2.26. The largest absolute Gasteiger partial charge is 0.372 e. The molecule has 0 aromatic heterocycles. The van der Waals surface area contributed by atoms with Gasteiger partial charge in [-0.05, 0) is 24.5 Å². The van der Waals surface area contributed by atoms with Crippen LogP contribution in [0.3, 0.4) is 0 Å². The van der Waals surface area contributed by atoms with Crippen LogP contribution in [0.4, 0.5) is 0 Å². The summed E-state index contributed by atoms with van der Waals surface area (Å²) in [7, 11) is 0. The van der Waals surface area contributed by atoms with Crippen molar-refractivity contribution in [2.24, 2.45) is 0 Å². The van der Waals surface area contributed by atoms with Gasteiger partial charge in [-0.15, -0.1) is 11.8 Å². The Morgan fingerprint density at radius 3 is 3.18 bits per heavy atom. The molecule has 1 aliphatic rings. The van der Waals surface area contributed by atoms with E-state index in [9.17, 15) is 0 Å². The van der Waals surface area contributed by atoms with E-state index in [1.165, 1.54) is 11.1 Å². The fourth-order valence-electron chi connectivity index (χ4n) is 2.15. The van der Waals surface area contributed by atoms with Crippen LogP contribution in [-0.2, 0) is 11.2 Å². The maximum atomic E-state index is 5.81. The second kappa shape index (κ2) is 6.44. The van der Waals surface area contributed by atoms with Crippen molar-refractivity contribution in [3.8, 4) is 11.8 Å². The molecule has 0 radical (unpaired) electrons. The third kappa shape index (κ3) is 3.33. The first-order chi connectivity index (χ1) is 8.42. The molecule has 90 valence electrons. The van der Waals surface area contributed by atoms with Gasteiger partial charge in [-0.2, -0.15) is 0 Å². The summed E-state index contributed by atoms with van der Waals surface area (Å²) in [5.74, 6) is 5.95. The van der Waals surface area contributed by atoms with E-state index >= 15 is 0 Å². The Morgan fingerprint density at radius 1 is 1.41 bits per heavy atom. The zero-order chi connectivity index (χ0) is 11.9. The van der Waals surface area contributed by atoms with E-state index in [1.54, 1.807) is 0 Å². The fourth-order valence-corrected chi connectivity index (χ4v) is 2.15. The Morgan fingerprint density at radius 2 is 2.29 bits per heavy atom. The van der Waals surface area contributed by atoms with E-state index in [-0.39, 0.29) is 6.10 Å². The summed E-state index contributed by atoms with van der Waals surface area (Å²) in [6.45, 7) is 4.52. The quantitative estimate of drug-likeness (QED) is 0.632. The summed E-state index contributed by atoms with van der Waals surface area (Å²) < 4.78 is 5.81. The second-order valence-electron chi connectivity index (χ2n) is 4.19. The van der Waals surface area contributed by atoms with Crippen molar-refractivity contribution in [3.63, 3.8) is 0 Å². The summed E-state index contributed by atoms with van der Waals surface area (Å²) >= 11 is 0. The van der Waals surface area contributed by atoms with Crippen LogP contribution < -0.4 is 5.32 Å². The Kier molecular flexibility index (Phi) is 4.61. The van der Waals surface area contributed by atoms with Crippen LogP contribution in [0.1, 0.15) is 30.6 Å². The molecule has 2 rings (SSSR count). The maximum absolute atomic E-state index is 5.81. The first kappa shape index (κ1) is 12.2. The lowest BCUT2D eigenvalue weighted by atomic mass is 9.97. The highest BCUT2D eigenvalue weighted by molar-refractivity contribution is 5.31. The molecule has 0 amide bonds. The van der Waals surface area contributed by atoms with Gasteiger partial charge in [0.15, 0.2) is 0 Å².